The first-order valence-electron chi connectivity index (χ1n) is 10.3. The van der Waals surface area contributed by atoms with Crippen LogP contribution in [-0.4, -0.2) is 58.4 Å². The zero-order valence-corrected chi connectivity index (χ0v) is 16.5. The van der Waals surface area contributed by atoms with E-state index in [2.05, 4.69) is 25.8 Å². The second-order valence-electron chi connectivity index (χ2n) is 8.31. The fraction of sp³-hybridized carbons (Fsp3) is 0.476. The van der Waals surface area contributed by atoms with Crippen LogP contribution in [0.1, 0.15) is 24.8 Å². The van der Waals surface area contributed by atoms with Crippen LogP contribution in [0.25, 0.3) is 0 Å². The van der Waals surface area contributed by atoms with E-state index in [-0.39, 0.29) is 18.0 Å². The zero-order valence-electron chi connectivity index (χ0n) is 16.5. The van der Waals surface area contributed by atoms with Crippen LogP contribution in [0.4, 0.5) is 10.6 Å². The summed E-state index contributed by atoms with van der Waals surface area (Å²) in [5.74, 6) is 1.81. The highest BCUT2D eigenvalue weighted by atomic mass is 16.2. The molecule has 2 atom stereocenters. The van der Waals surface area contributed by atoms with E-state index >= 15 is 0 Å². The van der Waals surface area contributed by atoms with Crippen molar-refractivity contribution in [2.75, 3.05) is 25.0 Å². The van der Waals surface area contributed by atoms with Crippen molar-refractivity contribution in [3.05, 3.63) is 47.6 Å². The molecule has 1 saturated carbocycles. The number of rotatable bonds is 4. The van der Waals surface area contributed by atoms with E-state index in [9.17, 15) is 9.59 Å². The number of urea groups is 1. The average Bonchev–Trinajstić information content (AvgIpc) is 3.47. The summed E-state index contributed by atoms with van der Waals surface area (Å²) in [5.41, 5.74) is 2.01. The van der Waals surface area contributed by atoms with Gasteiger partial charge in [0.25, 0.3) is 0 Å². The maximum atomic E-state index is 13.2. The fourth-order valence-electron chi connectivity index (χ4n) is 4.15. The summed E-state index contributed by atoms with van der Waals surface area (Å²) in [6.45, 7) is 4.40. The maximum Gasteiger partial charge on any atom is 0.328 e. The highest BCUT2D eigenvalue weighted by Crippen LogP contribution is 2.33. The van der Waals surface area contributed by atoms with Crippen LogP contribution in [0.2, 0.25) is 0 Å². The fourth-order valence-corrected chi connectivity index (χ4v) is 4.15. The lowest BCUT2D eigenvalue weighted by molar-refractivity contribution is -0.122. The molecule has 2 bridgehead atoms. The number of aryl methyl sites for hydroxylation is 1. The van der Waals surface area contributed by atoms with Crippen LogP contribution in [0.15, 0.2) is 42.0 Å². The molecule has 152 valence electrons. The van der Waals surface area contributed by atoms with Gasteiger partial charge in [0.15, 0.2) is 0 Å². The van der Waals surface area contributed by atoms with Gasteiger partial charge >= 0.3 is 6.03 Å². The van der Waals surface area contributed by atoms with Crippen molar-refractivity contribution < 1.29 is 9.59 Å². The van der Waals surface area contributed by atoms with Gasteiger partial charge in [-0.3, -0.25) is 15.0 Å². The predicted molar refractivity (Wildman–Crippen MR) is 109 cm³/mol. The molecular formula is C21H26N6O2. The molecule has 1 unspecified atom stereocenters. The molecular weight excluding hydrogens is 368 g/mol. The van der Waals surface area contributed by atoms with Crippen molar-refractivity contribution >= 4 is 17.8 Å². The molecule has 1 aliphatic carbocycles. The Morgan fingerprint density at radius 3 is 2.90 bits per heavy atom. The van der Waals surface area contributed by atoms with Crippen molar-refractivity contribution in [1.82, 2.24) is 25.4 Å². The second kappa shape index (κ2) is 7.09. The normalized spacial score (nSPS) is 24.9. The molecule has 0 radical (unpaired) electrons. The van der Waals surface area contributed by atoms with E-state index in [0.29, 0.717) is 17.6 Å². The predicted octanol–water partition coefficient (Wildman–Crippen LogP) is 1.54. The minimum Gasteiger partial charge on any atom is -0.366 e. The summed E-state index contributed by atoms with van der Waals surface area (Å²) in [7, 11) is 0. The summed E-state index contributed by atoms with van der Waals surface area (Å²) < 4.78 is 0. The van der Waals surface area contributed by atoms with Gasteiger partial charge < -0.3 is 15.5 Å². The number of hydrogen-bond donors (Lipinski definition) is 3. The lowest BCUT2D eigenvalue weighted by Gasteiger charge is -2.40. The summed E-state index contributed by atoms with van der Waals surface area (Å²) in [4.78, 5) is 34.1. The smallest absolute Gasteiger partial charge is 0.328 e. The van der Waals surface area contributed by atoms with Gasteiger partial charge in [0.05, 0.1) is 11.7 Å². The Labute approximate surface area is 170 Å². The van der Waals surface area contributed by atoms with Crippen molar-refractivity contribution in [2.45, 2.75) is 38.3 Å². The lowest BCUT2D eigenvalue weighted by atomic mass is 10.1. The number of hydrogen-bond acceptors (Lipinski definition) is 5. The Bertz CT molecular complexity index is 889. The van der Waals surface area contributed by atoms with Gasteiger partial charge in [0.1, 0.15) is 17.7 Å². The van der Waals surface area contributed by atoms with E-state index in [1.807, 2.05) is 25.1 Å². The first kappa shape index (κ1) is 18.0. The van der Waals surface area contributed by atoms with Gasteiger partial charge in [-0.1, -0.05) is 12.1 Å². The summed E-state index contributed by atoms with van der Waals surface area (Å²) in [6.07, 6.45) is 8.88. The number of allylic oxidation sites excluding steroid dienone is 1. The number of dihydropyridines is 1. The molecule has 3 amide bonds. The van der Waals surface area contributed by atoms with E-state index in [1.165, 1.54) is 12.8 Å². The van der Waals surface area contributed by atoms with Crippen molar-refractivity contribution in [2.24, 2.45) is 5.92 Å². The molecule has 4 heterocycles. The maximum absolute atomic E-state index is 13.2. The van der Waals surface area contributed by atoms with Crippen LogP contribution < -0.4 is 16.0 Å². The molecule has 1 saturated heterocycles. The SMILES string of the molecule is Cc1ccc(NC(=O)N2C3=C(C=CC(C(=O)NCC4CC4)N3)N3CC[C@H]2C3)nc1. The van der Waals surface area contributed by atoms with Gasteiger partial charge in [-0.15, -0.1) is 0 Å². The number of pyridine rings is 1. The van der Waals surface area contributed by atoms with Crippen molar-refractivity contribution in [3.63, 3.8) is 0 Å². The Kier molecular flexibility index (Phi) is 4.41. The van der Waals surface area contributed by atoms with Crippen LogP contribution in [-0.2, 0) is 4.79 Å². The molecule has 3 aliphatic heterocycles. The third kappa shape index (κ3) is 3.54. The van der Waals surface area contributed by atoms with Crippen LogP contribution in [0.5, 0.6) is 0 Å². The molecule has 8 nitrogen and oxygen atoms in total. The molecule has 1 aromatic heterocycles. The summed E-state index contributed by atoms with van der Waals surface area (Å²) >= 11 is 0. The first-order chi connectivity index (χ1) is 14.1. The first-order valence-corrected chi connectivity index (χ1v) is 10.3. The lowest BCUT2D eigenvalue weighted by Crippen LogP contribution is -2.56. The Hall–Kier alpha value is -3.03. The molecule has 5 rings (SSSR count). The van der Waals surface area contributed by atoms with E-state index in [0.717, 1.165) is 37.3 Å². The van der Waals surface area contributed by atoms with Gasteiger partial charge in [0.2, 0.25) is 5.91 Å². The monoisotopic (exact) mass is 394 g/mol. The highest BCUT2D eigenvalue weighted by Gasteiger charge is 2.42. The third-order valence-electron chi connectivity index (χ3n) is 6.00. The molecule has 29 heavy (non-hydrogen) atoms. The number of amides is 3. The Balaban J connectivity index is 1.34. The molecule has 2 fully saturated rings. The Morgan fingerprint density at radius 2 is 2.14 bits per heavy atom. The van der Waals surface area contributed by atoms with Crippen molar-refractivity contribution in [1.29, 1.82) is 0 Å². The van der Waals surface area contributed by atoms with Crippen LogP contribution in [0, 0.1) is 12.8 Å². The number of nitrogens with zero attached hydrogens (tertiary/aromatic N) is 3. The quantitative estimate of drug-likeness (QED) is 0.721. The number of fused-ring (bicyclic) bond motifs is 3. The molecule has 1 aromatic rings. The van der Waals surface area contributed by atoms with Gasteiger partial charge in [-0.25, -0.2) is 9.78 Å². The second-order valence-corrected chi connectivity index (χ2v) is 8.31. The third-order valence-corrected chi connectivity index (χ3v) is 6.00. The number of nitrogens with one attached hydrogen (secondary N) is 3. The minimum atomic E-state index is -0.473. The molecule has 4 aliphatic rings. The number of carbonyl (C=O) groups is 2. The van der Waals surface area contributed by atoms with Crippen LogP contribution >= 0.6 is 0 Å². The summed E-state index contributed by atoms with van der Waals surface area (Å²) in [6, 6.07) is 3.10. The van der Waals surface area contributed by atoms with E-state index in [4.69, 9.17) is 0 Å². The number of anilines is 1. The molecule has 0 spiro atoms. The van der Waals surface area contributed by atoms with E-state index < -0.39 is 6.04 Å². The average molecular weight is 394 g/mol. The van der Waals surface area contributed by atoms with Gasteiger partial charge in [0, 0.05) is 25.8 Å². The molecule has 8 heteroatoms. The standard InChI is InChI=1S/C21H26N6O2/c1-13-2-7-18(22-10-13)25-21(29)27-15-8-9-26(12-15)17-6-5-16(24-19(17)27)20(28)23-11-14-3-4-14/h2,5-7,10,14-16,24H,3-4,8-9,11-12H2,1H3,(H,23,28)(H,22,25,29)/t15-,16?/m0/s1. The molecule has 3 N–H and O–H groups in total. The van der Waals surface area contributed by atoms with E-state index in [1.54, 1.807) is 17.2 Å². The zero-order chi connectivity index (χ0) is 20.0. The van der Waals surface area contributed by atoms with Crippen LogP contribution in [0.3, 0.4) is 0 Å². The number of aromatic nitrogens is 1. The van der Waals surface area contributed by atoms with Crippen molar-refractivity contribution in [3.8, 4) is 0 Å². The molecule has 0 aromatic carbocycles. The minimum absolute atomic E-state index is 0.0480. The van der Waals surface area contributed by atoms with Gasteiger partial charge in [-0.05, 0) is 49.8 Å². The highest BCUT2D eigenvalue weighted by molar-refractivity contribution is 5.91. The largest absolute Gasteiger partial charge is 0.366 e. The topological polar surface area (TPSA) is 89.6 Å². The number of carbonyl (C=O) groups excluding carboxylic acids is 2. The van der Waals surface area contributed by atoms with Gasteiger partial charge in [-0.2, -0.15) is 0 Å². The Morgan fingerprint density at radius 1 is 1.28 bits per heavy atom. The summed E-state index contributed by atoms with van der Waals surface area (Å²) in [5, 5.41) is 9.23.